The predicted octanol–water partition coefficient (Wildman–Crippen LogP) is 14.4. The predicted molar refractivity (Wildman–Crippen MR) is 548 cm³/mol. The summed E-state index contributed by atoms with van der Waals surface area (Å²) in [4.78, 5) is 98.7. The molecule has 0 aliphatic carbocycles. The molecule has 5 saturated heterocycles. The maximum absolute atomic E-state index is 14.6. The minimum atomic E-state index is -4.23. The first-order chi connectivity index (χ1) is 65.1. The van der Waals surface area contributed by atoms with Crippen molar-refractivity contribution in [2.75, 3.05) is 102 Å². The molecule has 754 valence electrons. The Bertz CT molecular complexity index is 6510. The minimum absolute atomic E-state index is 0. The van der Waals surface area contributed by atoms with Crippen LogP contribution < -0.4 is 70.6 Å². The first kappa shape index (κ1) is 107. The Balaban J connectivity index is 0.000000210. The lowest BCUT2D eigenvalue weighted by molar-refractivity contribution is 0.0969. The number of aromatic nitrogens is 8. The van der Waals surface area contributed by atoms with Gasteiger partial charge in [0.1, 0.15) is 58.1 Å². The summed E-state index contributed by atoms with van der Waals surface area (Å²) in [6, 6.07) is 34.7. The van der Waals surface area contributed by atoms with Crippen LogP contribution in [-0.4, -0.2) is 196 Å². The number of halogens is 1. The third-order valence-electron chi connectivity index (χ3n) is 25.1. The van der Waals surface area contributed by atoms with Gasteiger partial charge in [0.15, 0.2) is 15.1 Å². The Hall–Kier alpha value is -12.1. The van der Waals surface area contributed by atoms with Crippen molar-refractivity contribution in [3.05, 3.63) is 185 Å². The molecule has 2 unspecified atom stereocenters. The Kier molecular flexibility index (Phi) is 34.1. The molecule has 5 aliphatic heterocycles. The van der Waals surface area contributed by atoms with Gasteiger partial charge in [0.05, 0.1) is 45.9 Å². The molecule has 0 saturated carbocycles. The molecule has 40 heteroatoms. The number of allylic oxidation sites excluding steroid dienone is 2. The van der Waals surface area contributed by atoms with Gasteiger partial charge in [-0.1, -0.05) is 79.2 Å². The van der Waals surface area contributed by atoms with Crippen molar-refractivity contribution < 1.29 is 64.8 Å². The van der Waals surface area contributed by atoms with Crippen molar-refractivity contribution in [3.63, 3.8) is 0 Å². The van der Waals surface area contributed by atoms with Gasteiger partial charge in [0, 0.05) is 113 Å². The number of sulfonamides is 3. The summed E-state index contributed by atoms with van der Waals surface area (Å²) in [6.07, 6.45) is 8.72. The fraction of sp³-hybridized carbons (Fsp3) is 0.475. The number of rotatable bonds is 27. The van der Waals surface area contributed by atoms with Crippen LogP contribution in [0.25, 0.3) is 28.1 Å². The number of likely N-dealkylation sites (N-methyl/N-ethyl adjacent to an activating group) is 1. The highest BCUT2D eigenvalue weighted by Gasteiger charge is 2.44. The highest BCUT2D eigenvalue weighted by molar-refractivity contribution is 7.90. The third-order valence-corrected chi connectivity index (χ3v) is 30.3. The van der Waals surface area contributed by atoms with Crippen LogP contribution in [0.3, 0.4) is 0 Å². The second kappa shape index (κ2) is 44.2. The second-order valence-electron chi connectivity index (χ2n) is 39.7. The van der Waals surface area contributed by atoms with Gasteiger partial charge in [-0.05, 0) is 279 Å². The molecule has 13 heterocycles. The van der Waals surface area contributed by atoms with Gasteiger partial charge in [-0.3, -0.25) is 19.2 Å². The average Bonchev–Trinajstić information content (AvgIpc) is 1.57. The van der Waals surface area contributed by atoms with E-state index in [9.17, 15) is 57.2 Å². The number of nitrogens with zero attached hydrogens (tertiary/aromatic N) is 14. The Labute approximate surface area is 821 Å². The van der Waals surface area contributed by atoms with Gasteiger partial charge in [-0.2, -0.15) is 38.0 Å². The number of carbonyl (C=O) groups is 4. The van der Waals surface area contributed by atoms with Gasteiger partial charge >= 0.3 is 10.2 Å². The fourth-order valence-electron chi connectivity index (χ4n) is 18.4. The van der Waals surface area contributed by atoms with Crippen molar-refractivity contribution in [2.45, 2.75) is 233 Å². The number of hydrogen-bond acceptors (Lipinski definition) is 30. The standard InChI is InChI=1S/C29H42FN5O4S.C27H35N7O3S.C23H31N5O3S.C20H27N5O3S.2H2/c1-19(2)18-39-24-13-21(12-22(30)14-24)26-10-9-25(27(32-26)35-16-20(3)15-29(35,4)5)28(36)33-40(37,38)34-11-7-8-23(17-34)31-6;1-17(2)16-33(5)24-14-11-20(15-29-24)22-13-12-21(26(30-22)34-18(3)9-10-19(34)4)27(35)32-38(36,37)25-8-6-7-23(28)31-25;1-14(2)16(4)18-11-10-17(21(25-18)28-13-15(3)12-23(28,5)6)22(29)27-32(30,31)20-9-7-8-19(24)26-20;1-5-14-9-10-15(18(22-14)25-12-13(2)11-20(25,3)4)19(26)24-29(27,28)17-8-6-7-16(21)23-17;;/h9-10,12-14,19-20,23,31H,7-8,11,15-18H2,1-6H3,(H,33,36);6-8,11-15,17-19H,9-10,16H2,1-5H3,(H2,28,31)(H,32,35);7-11,15H,12-13H2,1-6H3,(H2,24,26)(H,27,29);6-10,13H,5,11-12H2,1-4H3,(H2,21,23)(H,24,26);2*1H/t;18-,19+;15-;13-;;/m..00../s1. The van der Waals surface area contributed by atoms with Crippen molar-refractivity contribution >= 4 is 116 Å². The van der Waals surface area contributed by atoms with E-state index in [4.69, 9.17) is 36.9 Å². The molecule has 35 nitrogen and oxygen atoms in total. The van der Waals surface area contributed by atoms with E-state index in [0.29, 0.717) is 109 Å². The number of amides is 4. The maximum Gasteiger partial charge on any atom is 0.304 e. The first-order valence-electron chi connectivity index (χ1n) is 46.9. The Morgan fingerprint density at radius 1 is 0.518 bits per heavy atom. The lowest BCUT2D eigenvalue weighted by atomic mass is 9.97. The number of nitrogens with two attached hydrogens (primary N) is 3. The zero-order chi connectivity index (χ0) is 102. The number of carbonyl (C=O) groups excluding carboxylic acids is 4. The lowest BCUT2D eigenvalue weighted by Crippen LogP contribution is -2.52. The van der Waals surface area contributed by atoms with E-state index in [1.807, 2.05) is 60.7 Å². The van der Waals surface area contributed by atoms with Crippen molar-refractivity contribution in [1.82, 2.24) is 68.4 Å². The monoisotopic (exact) mass is 1990 g/mol. The molecule has 4 amide bonds. The number of hydrogen-bond donors (Lipinski definition) is 8. The molecule has 8 aromatic heterocycles. The molecule has 14 rings (SSSR count). The van der Waals surface area contributed by atoms with E-state index in [1.165, 1.54) is 71.0 Å². The van der Waals surface area contributed by atoms with E-state index >= 15 is 0 Å². The zero-order valence-electron chi connectivity index (χ0n) is 83.3. The number of ether oxygens (including phenoxy) is 1. The molecule has 6 atom stereocenters. The van der Waals surface area contributed by atoms with Crippen molar-refractivity contribution in [2.24, 2.45) is 29.6 Å². The summed E-state index contributed by atoms with van der Waals surface area (Å²) in [5, 5.41) is 2.18. The normalized spacial score (nSPS) is 19.0. The Morgan fingerprint density at radius 3 is 1.37 bits per heavy atom. The maximum atomic E-state index is 14.6. The second-order valence-corrected chi connectivity index (χ2v) is 46.3. The number of anilines is 8. The van der Waals surface area contributed by atoms with Crippen LogP contribution in [0.5, 0.6) is 5.75 Å². The summed E-state index contributed by atoms with van der Waals surface area (Å²) < 4.78 is 133. The third kappa shape index (κ3) is 26.7. The number of benzene rings is 1. The smallest absolute Gasteiger partial charge is 0.304 e. The van der Waals surface area contributed by atoms with E-state index in [0.717, 1.165) is 92.1 Å². The summed E-state index contributed by atoms with van der Waals surface area (Å²) in [6.45, 7) is 43.6. The van der Waals surface area contributed by atoms with Gasteiger partial charge in [0.25, 0.3) is 53.7 Å². The first-order valence-corrected chi connectivity index (χ1v) is 52.8. The molecule has 5 aliphatic rings. The zero-order valence-corrected chi connectivity index (χ0v) is 86.6. The van der Waals surface area contributed by atoms with Crippen LogP contribution in [0.1, 0.15) is 232 Å². The van der Waals surface area contributed by atoms with E-state index in [1.54, 1.807) is 67.8 Å². The Morgan fingerprint density at radius 2 is 0.950 bits per heavy atom. The average molecular weight is 1990 g/mol. The van der Waals surface area contributed by atoms with Crippen LogP contribution in [0.15, 0.2) is 160 Å². The molecule has 5 fully saturated rings. The quantitative estimate of drug-likeness (QED) is 0.0237. The van der Waals surface area contributed by atoms with Gasteiger partial charge in [-0.15, -0.1) is 0 Å². The summed E-state index contributed by atoms with van der Waals surface area (Å²) in [5.41, 5.74) is 23.0. The topological polar surface area (TPSA) is 475 Å². The lowest BCUT2D eigenvalue weighted by Gasteiger charge is -2.34. The molecule has 0 bridgehead atoms. The fourth-order valence-corrected chi connectivity index (χ4v) is 22.4. The molecule has 11 N–H and O–H groups in total. The van der Waals surface area contributed by atoms with Crippen LogP contribution in [0, 0.1) is 35.4 Å². The number of pyridine rings is 8. The van der Waals surface area contributed by atoms with Crippen molar-refractivity contribution in [1.29, 1.82) is 0 Å². The summed E-state index contributed by atoms with van der Waals surface area (Å²) in [5.74, 6) is 1.72. The van der Waals surface area contributed by atoms with E-state index in [-0.39, 0.29) is 98.3 Å². The van der Waals surface area contributed by atoms with Crippen LogP contribution in [-0.2, 0) is 46.7 Å². The largest absolute Gasteiger partial charge is 0.493 e. The highest BCUT2D eigenvalue weighted by atomic mass is 32.2. The van der Waals surface area contributed by atoms with Gasteiger partial charge in [-0.25, -0.2) is 63.2 Å². The minimum Gasteiger partial charge on any atom is -0.493 e. The SMILES string of the molecule is CC(C)=C(C)c1ccc(C(=O)NS(=O)(=O)c2cccc(N)n2)c(N2C[C@@H](C)CC2(C)C)n1.CC(C)CN(C)c1ccc(-c2ccc(C(=O)NS(=O)(=O)c3cccc(N)n3)c(N3[C@H](C)CC[C@@H]3C)n2)cn1.CCc1ccc(C(=O)NS(=O)(=O)c2cccc(N)n2)c(N2C[C@@H](C)CC2(C)C)n1.CNC1CCCN(S(=O)(=O)NC(=O)c2ccc(-c3cc(F)cc(OCC(C)C)c3)nc2N2CC(C)CC2(C)C)C1.[HH].[HH]. The molecule has 139 heavy (non-hydrogen) atoms. The number of nitrogens with one attached hydrogen (secondary N) is 5. The molecule has 9 aromatic rings. The molecular weight excluding hydrogens is 1850 g/mol. The number of aryl methyl sites for hydroxylation is 1. The van der Waals surface area contributed by atoms with Gasteiger partial charge < -0.3 is 51.8 Å². The highest BCUT2D eigenvalue weighted by Crippen LogP contribution is 2.43. The summed E-state index contributed by atoms with van der Waals surface area (Å²) in [7, 11) is -12.8. The molecule has 1 aromatic carbocycles. The van der Waals surface area contributed by atoms with Crippen molar-refractivity contribution in [3.8, 4) is 28.3 Å². The number of nitrogen functional groups attached to an aromatic ring is 3. The molecule has 0 spiro atoms. The van der Waals surface area contributed by atoms with E-state index < -0.39 is 69.7 Å². The molecular formula is C99H139FN22O13S4. The van der Waals surface area contributed by atoms with Gasteiger partial charge in [0.2, 0.25) is 0 Å². The van der Waals surface area contributed by atoms with Crippen LogP contribution in [0.4, 0.5) is 50.9 Å². The summed E-state index contributed by atoms with van der Waals surface area (Å²) >= 11 is 0. The number of piperidine rings is 1. The molecule has 0 radical (unpaired) electrons. The van der Waals surface area contributed by atoms with E-state index in [2.05, 4.69) is 164 Å². The van der Waals surface area contributed by atoms with Crippen LogP contribution >= 0.6 is 0 Å². The van der Waals surface area contributed by atoms with Crippen LogP contribution in [0.2, 0.25) is 0 Å².